The van der Waals surface area contributed by atoms with E-state index in [1.54, 1.807) is 6.07 Å². The van der Waals surface area contributed by atoms with Crippen LogP contribution in [-0.4, -0.2) is 16.1 Å². The third kappa shape index (κ3) is 2.64. The van der Waals surface area contributed by atoms with Crippen LogP contribution in [0.5, 0.6) is 5.75 Å². The van der Waals surface area contributed by atoms with Gasteiger partial charge in [0.25, 0.3) is 0 Å². The highest BCUT2D eigenvalue weighted by Crippen LogP contribution is 2.26. The van der Waals surface area contributed by atoms with Crippen molar-refractivity contribution in [3.8, 4) is 5.75 Å². The highest BCUT2D eigenvalue weighted by atomic mass is 16.5. The second-order valence-corrected chi connectivity index (χ2v) is 4.92. The molecule has 4 nitrogen and oxygen atoms in total. The van der Waals surface area contributed by atoms with Gasteiger partial charge in [0.15, 0.2) is 0 Å². The number of ether oxygens (including phenoxy) is 1. The number of hydrogen-bond donors (Lipinski definition) is 1. The van der Waals surface area contributed by atoms with E-state index in [0.717, 1.165) is 24.3 Å². The third-order valence-electron chi connectivity index (χ3n) is 3.53. The molecule has 0 aliphatic heterocycles. The Kier molecular flexibility index (Phi) is 3.37. The lowest BCUT2D eigenvalue weighted by atomic mass is 10.1. The molecule has 0 unspecified atom stereocenters. The summed E-state index contributed by atoms with van der Waals surface area (Å²) < 4.78 is 5.71. The van der Waals surface area contributed by atoms with Gasteiger partial charge >= 0.3 is 5.97 Å². The minimum Gasteiger partial charge on any atom is -0.487 e. The lowest BCUT2D eigenvalue weighted by Gasteiger charge is -2.08. The van der Waals surface area contributed by atoms with E-state index in [-0.39, 0.29) is 5.56 Å². The SMILES string of the molecule is O=C(O)c1ccc(COc2ccc3c(c2)CCC3)nc1. The van der Waals surface area contributed by atoms with Crippen LogP contribution in [-0.2, 0) is 19.4 Å². The number of aromatic nitrogens is 1. The van der Waals surface area contributed by atoms with Gasteiger partial charge in [0, 0.05) is 6.20 Å². The van der Waals surface area contributed by atoms with Crippen LogP contribution in [0.4, 0.5) is 0 Å². The summed E-state index contributed by atoms with van der Waals surface area (Å²) in [6.07, 6.45) is 4.85. The van der Waals surface area contributed by atoms with Crippen molar-refractivity contribution >= 4 is 5.97 Å². The lowest BCUT2D eigenvalue weighted by molar-refractivity contribution is 0.0696. The quantitative estimate of drug-likeness (QED) is 0.927. The number of benzene rings is 1. The van der Waals surface area contributed by atoms with Crippen LogP contribution < -0.4 is 4.74 Å². The van der Waals surface area contributed by atoms with Gasteiger partial charge in [-0.3, -0.25) is 4.98 Å². The van der Waals surface area contributed by atoms with E-state index in [9.17, 15) is 4.79 Å². The van der Waals surface area contributed by atoms with Gasteiger partial charge in [0.1, 0.15) is 12.4 Å². The molecule has 0 bridgehead atoms. The Morgan fingerprint density at radius 1 is 1.20 bits per heavy atom. The number of carboxylic acids is 1. The topological polar surface area (TPSA) is 59.4 Å². The monoisotopic (exact) mass is 269 g/mol. The first-order valence-electron chi connectivity index (χ1n) is 6.65. The van der Waals surface area contributed by atoms with Crippen molar-refractivity contribution in [2.24, 2.45) is 0 Å². The van der Waals surface area contributed by atoms with Crippen molar-refractivity contribution in [1.29, 1.82) is 0 Å². The average Bonchev–Trinajstić information content (AvgIpc) is 2.93. The number of fused-ring (bicyclic) bond motifs is 1. The molecule has 2 aromatic rings. The molecular weight excluding hydrogens is 254 g/mol. The molecule has 1 heterocycles. The molecule has 4 heteroatoms. The molecule has 3 rings (SSSR count). The summed E-state index contributed by atoms with van der Waals surface area (Å²) in [7, 11) is 0. The molecule has 20 heavy (non-hydrogen) atoms. The Morgan fingerprint density at radius 2 is 2.05 bits per heavy atom. The molecule has 0 amide bonds. The zero-order valence-electron chi connectivity index (χ0n) is 11.0. The van der Waals surface area contributed by atoms with Gasteiger partial charge < -0.3 is 9.84 Å². The van der Waals surface area contributed by atoms with Gasteiger partial charge in [-0.2, -0.15) is 0 Å². The first kappa shape index (κ1) is 12.7. The zero-order chi connectivity index (χ0) is 13.9. The maximum absolute atomic E-state index is 10.7. The Hall–Kier alpha value is -2.36. The first-order chi connectivity index (χ1) is 9.72. The van der Waals surface area contributed by atoms with Crippen LogP contribution >= 0.6 is 0 Å². The Morgan fingerprint density at radius 3 is 2.80 bits per heavy atom. The number of hydrogen-bond acceptors (Lipinski definition) is 3. The van der Waals surface area contributed by atoms with Crippen molar-refractivity contribution in [3.63, 3.8) is 0 Å². The first-order valence-corrected chi connectivity index (χ1v) is 6.65. The Labute approximate surface area is 117 Å². The number of carbonyl (C=O) groups is 1. The molecule has 0 radical (unpaired) electrons. The van der Waals surface area contributed by atoms with Crippen molar-refractivity contribution in [2.75, 3.05) is 0 Å². The summed E-state index contributed by atoms with van der Waals surface area (Å²) in [5, 5.41) is 8.80. The van der Waals surface area contributed by atoms with Crippen LogP contribution in [0.3, 0.4) is 0 Å². The molecular formula is C16H15NO3. The third-order valence-corrected chi connectivity index (χ3v) is 3.53. The van der Waals surface area contributed by atoms with E-state index in [1.165, 1.54) is 29.8 Å². The van der Waals surface area contributed by atoms with E-state index < -0.39 is 5.97 Å². The fourth-order valence-corrected chi connectivity index (χ4v) is 2.43. The zero-order valence-corrected chi connectivity index (χ0v) is 11.0. The van der Waals surface area contributed by atoms with Crippen LogP contribution in [0.1, 0.15) is 33.6 Å². The highest BCUT2D eigenvalue weighted by molar-refractivity contribution is 5.87. The fourth-order valence-electron chi connectivity index (χ4n) is 2.43. The molecule has 0 atom stereocenters. The Balaban J connectivity index is 1.65. The number of aryl methyl sites for hydroxylation is 2. The molecule has 1 aliphatic carbocycles. The smallest absolute Gasteiger partial charge is 0.337 e. The number of pyridine rings is 1. The fraction of sp³-hybridized carbons (Fsp3) is 0.250. The number of rotatable bonds is 4. The van der Waals surface area contributed by atoms with E-state index in [4.69, 9.17) is 9.84 Å². The maximum Gasteiger partial charge on any atom is 0.337 e. The summed E-state index contributed by atoms with van der Waals surface area (Å²) in [5.41, 5.74) is 3.69. The molecule has 102 valence electrons. The summed E-state index contributed by atoms with van der Waals surface area (Å²) >= 11 is 0. The van der Waals surface area contributed by atoms with Gasteiger partial charge in [-0.25, -0.2) is 4.79 Å². The van der Waals surface area contributed by atoms with Crippen LogP contribution in [0.15, 0.2) is 36.5 Å². The average molecular weight is 269 g/mol. The second kappa shape index (κ2) is 5.33. The van der Waals surface area contributed by atoms with E-state index in [1.807, 2.05) is 6.07 Å². The highest BCUT2D eigenvalue weighted by Gasteiger charge is 2.11. The number of nitrogens with zero attached hydrogens (tertiary/aromatic N) is 1. The summed E-state index contributed by atoms with van der Waals surface area (Å²) in [6, 6.07) is 9.41. The number of carboxylic acid groups (broad SMARTS) is 1. The molecule has 1 N–H and O–H groups in total. The molecule has 0 saturated heterocycles. The van der Waals surface area contributed by atoms with Crippen LogP contribution in [0.2, 0.25) is 0 Å². The predicted molar refractivity (Wildman–Crippen MR) is 74.0 cm³/mol. The van der Waals surface area contributed by atoms with Gasteiger partial charge in [0.2, 0.25) is 0 Å². The summed E-state index contributed by atoms with van der Waals surface area (Å²) in [4.78, 5) is 14.8. The minimum absolute atomic E-state index is 0.186. The van der Waals surface area contributed by atoms with Crippen LogP contribution in [0, 0.1) is 0 Å². The molecule has 0 spiro atoms. The minimum atomic E-state index is -0.969. The van der Waals surface area contributed by atoms with Gasteiger partial charge in [-0.05, 0) is 54.7 Å². The molecule has 0 fully saturated rings. The standard InChI is InChI=1S/C16H15NO3/c18-16(19)13-4-6-14(17-9-13)10-20-15-7-5-11-2-1-3-12(11)8-15/h4-9H,1-3,10H2,(H,18,19). The van der Waals surface area contributed by atoms with Crippen molar-refractivity contribution in [1.82, 2.24) is 4.98 Å². The lowest BCUT2D eigenvalue weighted by Crippen LogP contribution is -2.02. The van der Waals surface area contributed by atoms with Crippen molar-refractivity contribution in [3.05, 3.63) is 58.9 Å². The molecule has 1 aromatic carbocycles. The predicted octanol–water partition coefficient (Wildman–Crippen LogP) is 2.85. The van der Waals surface area contributed by atoms with Crippen LogP contribution in [0.25, 0.3) is 0 Å². The molecule has 1 aliphatic rings. The normalized spacial score (nSPS) is 13.0. The summed E-state index contributed by atoms with van der Waals surface area (Å²) in [6.45, 7) is 0.346. The van der Waals surface area contributed by atoms with E-state index >= 15 is 0 Å². The van der Waals surface area contributed by atoms with Gasteiger partial charge in [0.05, 0.1) is 11.3 Å². The van der Waals surface area contributed by atoms with E-state index in [0.29, 0.717) is 6.61 Å². The maximum atomic E-state index is 10.7. The van der Waals surface area contributed by atoms with Crippen molar-refractivity contribution in [2.45, 2.75) is 25.9 Å². The van der Waals surface area contributed by atoms with E-state index in [2.05, 4.69) is 17.1 Å². The summed E-state index contributed by atoms with van der Waals surface area (Å²) in [5.74, 6) is -0.127. The Bertz CT molecular complexity index is 635. The second-order valence-electron chi connectivity index (χ2n) is 4.92. The van der Waals surface area contributed by atoms with Crippen molar-refractivity contribution < 1.29 is 14.6 Å². The largest absolute Gasteiger partial charge is 0.487 e. The number of aromatic carboxylic acids is 1. The van der Waals surface area contributed by atoms with Gasteiger partial charge in [-0.15, -0.1) is 0 Å². The molecule has 0 saturated carbocycles. The molecule has 1 aromatic heterocycles. The van der Waals surface area contributed by atoms with Gasteiger partial charge in [-0.1, -0.05) is 6.07 Å².